The fourth-order valence-electron chi connectivity index (χ4n) is 9.36. The second kappa shape index (κ2) is 69.0. The molecular weight excluding hydrogens is 1010 g/mol. The maximum atomic E-state index is 12.9. The summed E-state index contributed by atoms with van der Waals surface area (Å²) >= 11 is 0. The molecule has 1 atom stereocenters. The quantitative estimate of drug-likeness (QED) is 0.0261. The lowest BCUT2D eigenvalue weighted by Gasteiger charge is -2.18. The zero-order valence-corrected chi connectivity index (χ0v) is 53.5. The van der Waals surface area contributed by atoms with Crippen molar-refractivity contribution in [3.8, 4) is 0 Å². The van der Waals surface area contributed by atoms with Crippen LogP contribution in [0.5, 0.6) is 0 Å². The van der Waals surface area contributed by atoms with Gasteiger partial charge < -0.3 is 14.2 Å². The second-order valence-corrected chi connectivity index (χ2v) is 22.3. The van der Waals surface area contributed by atoms with Gasteiger partial charge in [-0.2, -0.15) is 0 Å². The molecule has 0 aliphatic rings. The van der Waals surface area contributed by atoms with E-state index in [4.69, 9.17) is 14.2 Å². The van der Waals surface area contributed by atoms with Crippen LogP contribution in [0, 0.1) is 0 Å². The van der Waals surface area contributed by atoms with Gasteiger partial charge >= 0.3 is 17.9 Å². The topological polar surface area (TPSA) is 78.9 Å². The first-order valence-corrected chi connectivity index (χ1v) is 34.2. The predicted octanol–water partition coefficient (Wildman–Crippen LogP) is 23.7. The monoisotopic (exact) mass is 1130 g/mol. The molecule has 82 heavy (non-hydrogen) atoms. The first-order chi connectivity index (χ1) is 40.5. The van der Waals surface area contributed by atoms with Crippen molar-refractivity contribution in [2.45, 2.75) is 316 Å². The lowest BCUT2D eigenvalue weighted by Crippen LogP contribution is -2.30. The molecule has 0 radical (unpaired) electrons. The lowest BCUT2D eigenvalue weighted by atomic mass is 10.0. The fraction of sp³-hybridized carbons (Fsp3) is 0.671. The molecule has 0 amide bonds. The number of hydrogen-bond acceptors (Lipinski definition) is 6. The minimum absolute atomic E-state index is 0.109. The van der Waals surface area contributed by atoms with E-state index in [0.717, 1.165) is 128 Å². The van der Waals surface area contributed by atoms with E-state index in [9.17, 15) is 14.4 Å². The highest BCUT2D eigenvalue weighted by molar-refractivity contribution is 5.71. The van der Waals surface area contributed by atoms with E-state index < -0.39 is 6.10 Å². The highest BCUT2D eigenvalue weighted by Gasteiger charge is 2.19. The standard InChI is InChI=1S/C76H126O6/c1-4-7-10-13-16-19-22-25-27-29-31-33-35-37-38-39-41-42-44-46-48-51-54-57-60-63-66-69-75(78)81-72-73(71-80-74(77)68-65-62-59-56-53-50-24-21-18-15-12-9-6-3)82-76(79)70-67-64-61-58-55-52-49-47-45-43-40-36-34-32-30-28-26-23-20-17-14-11-8-5-2/h7,9-10,12,16,18-19,21,25,27,31,33,37-38,41-42,46,48,50,53-54,57,73H,4-6,8,11,13-15,17,20,22-24,26,28-30,32,34-36,39-40,43-45,47,49,51-52,55-56,58-72H2,1-3H3/b10-7-,12-9-,19-16-,21-18-,27-25-,33-31-,38-37-,42-41-,48-46-,53-50-,57-54-. The average Bonchev–Trinajstić information content (AvgIpc) is 3.47. The van der Waals surface area contributed by atoms with Crippen LogP contribution in [0.25, 0.3) is 0 Å². The summed E-state index contributed by atoms with van der Waals surface area (Å²) in [6.07, 6.45) is 97.7. The van der Waals surface area contributed by atoms with Crippen molar-refractivity contribution >= 4 is 17.9 Å². The van der Waals surface area contributed by atoms with Gasteiger partial charge in [-0.15, -0.1) is 0 Å². The van der Waals surface area contributed by atoms with Crippen LogP contribution in [0.15, 0.2) is 134 Å². The van der Waals surface area contributed by atoms with E-state index in [-0.39, 0.29) is 31.1 Å². The van der Waals surface area contributed by atoms with Crippen LogP contribution >= 0.6 is 0 Å². The molecule has 466 valence electrons. The molecule has 0 aliphatic carbocycles. The fourth-order valence-corrected chi connectivity index (χ4v) is 9.36. The molecule has 0 heterocycles. The Bertz CT molecular complexity index is 1730. The Morgan fingerprint density at radius 1 is 0.256 bits per heavy atom. The van der Waals surface area contributed by atoms with E-state index in [0.29, 0.717) is 25.7 Å². The van der Waals surface area contributed by atoms with Crippen molar-refractivity contribution in [3.63, 3.8) is 0 Å². The summed E-state index contributed by atoms with van der Waals surface area (Å²) < 4.78 is 16.9. The van der Waals surface area contributed by atoms with Gasteiger partial charge in [-0.25, -0.2) is 0 Å². The van der Waals surface area contributed by atoms with Gasteiger partial charge in [0.25, 0.3) is 0 Å². The van der Waals surface area contributed by atoms with Crippen LogP contribution in [-0.4, -0.2) is 37.2 Å². The third-order valence-corrected chi connectivity index (χ3v) is 14.4. The molecule has 1 unspecified atom stereocenters. The molecule has 0 aromatic rings. The number of ether oxygens (including phenoxy) is 3. The number of unbranched alkanes of at least 4 members (excludes halogenated alkanes) is 28. The SMILES string of the molecule is CC/C=C\C/C=C\C/C=C\C/C=C\C/C=C\C/C=C\C/C=C\C/C=C\CCCCC(=O)OCC(COC(=O)CCCCC/C=C\C/C=C\C/C=C\CC)OC(=O)CCCCCCCCCCCCCCCCCCCCCCCCCC. The smallest absolute Gasteiger partial charge is 0.306 e. The van der Waals surface area contributed by atoms with Gasteiger partial charge in [0.15, 0.2) is 6.10 Å². The Labute approximate surface area is 506 Å². The van der Waals surface area contributed by atoms with Crippen molar-refractivity contribution in [2.24, 2.45) is 0 Å². The van der Waals surface area contributed by atoms with Crippen molar-refractivity contribution in [3.05, 3.63) is 134 Å². The van der Waals surface area contributed by atoms with E-state index in [1.54, 1.807) is 0 Å². The number of carbonyl (C=O) groups excluding carboxylic acids is 3. The minimum atomic E-state index is -0.813. The minimum Gasteiger partial charge on any atom is -0.462 e. The molecule has 0 N–H and O–H groups in total. The van der Waals surface area contributed by atoms with Crippen LogP contribution < -0.4 is 0 Å². The molecule has 0 saturated heterocycles. The zero-order chi connectivity index (χ0) is 59.2. The zero-order valence-electron chi connectivity index (χ0n) is 53.5. The molecule has 0 fully saturated rings. The normalized spacial score (nSPS) is 13.0. The van der Waals surface area contributed by atoms with Crippen LogP contribution in [0.2, 0.25) is 0 Å². The summed E-state index contributed by atoms with van der Waals surface area (Å²) in [5.74, 6) is -0.973. The molecule has 0 aliphatic heterocycles. The summed E-state index contributed by atoms with van der Waals surface area (Å²) in [7, 11) is 0. The Balaban J connectivity index is 4.40. The Morgan fingerprint density at radius 3 is 0.768 bits per heavy atom. The third-order valence-electron chi connectivity index (χ3n) is 14.4. The summed E-state index contributed by atoms with van der Waals surface area (Å²) in [5, 5.41) is 0. The maximum Gasteiger partial charge on any atom is 0.306 e. The molecule has 0 rings (SSSR count). The number of hydrogen-bond donors (Lipinski definition) is 0. The first kappa shape index (κ1) is 77.5. The van der Waals surface area contributed by atoms with Crippen molar-refractivity contribution in [1.82, 2.24) is 0 Å². The van der Waals surface area contributed by atoms with Crippen molar-refractivity contribution in [2.75, 3.05) is 13.2 Å². The maximum absolute atomic E-state index is 12.9. The highest BCUT2D eigenvalue weighted by atomic mass is 16.6. The van der Waals surface area contributed by atoms with Crippen LogP contribution in [-0.2, 0) is 28.6 Å². The van der Waals surface area contributed by atoms with Crippen LogP contribution in [0.1, 0.15) is 310 Å². The van der Waals surface area contributed by atoms with E-state index in [1.165, 1.54) is 135 Å². The molecule has 0 aromatic heterocycles. The van der Waals surface area contributed by atoms with Gasteiger partial charge in [0.2, 0.25) is 0 Å². The van der Waals surface area contributed by atoms with Crippen LogP contribution in [0.3, 0.4) is 0 Å². The van der Waals surface area contributed by atoms with Crippen molar-refractivity contribution < 1.29 is 28.6 Å². The lowest BCUT2D eigenvalue weighted by molar-refractivity contribution is -0.167. The highest BCUT2D eigenvalue weighted by Crippen LogP contribution is 2.17. The van der Waals surface area contributed by atoms with Gasteiger partial charge in [0.1, 0.15) is 13.2 Å². The number of esters is 3. The summed E-state index contributed by atoms with van der Waals surface area (Å²) in [6, 6.07) is 0. The van der Waals surface area contributed by atoms with Gasteiger partial charge in [0.05, 0.1) is 0 Å². The third kappa shape index (κ3) is 66.4. The Kier molecular flexibility index (Phi) is 65.3. The largest absolute Gasteiger partial charge is 0.462 e. The average molecular weight is 1140 g/mol. The second-order valence-electron chi connectivity index (χ2n) is 22.3. The molecule has 6 heteroatoms. The molecule has 0 saturated carbocycles. The number of rotatable bonds is 61. The molecule has 6 nitrogen and oxygen atoms in total. The molecular formula is C76H126O6. The van der Waals surface area contributed by atoms with Crippen LogP contribution in [0.4, 0.5) is 0 Å². The molecule has 0 spiro atoms. The van der Waals surface area contributed by atoms with E-state index in [2.05, 4.69) is 154 Å². The molecule has 0 bridgehead atoms. The molecule has 0 aromatic carbocycles. The Hall–Kier alpha value is -4.45. The predicted molar refractivity (Wildman–Crippen MR) is 357 cm³/mol. The van der Waals surface area contributed by atoms with Gasteiger partial charge in [-0.3, -0.25) is 14.4 Å². The number of carbonyl (C=O) groups is 3. The summed E-state index contributed by atoms with van der Waals surface area (Å²) in [5.41, 5.74) is 0. The van der Waals surface area contributed by atoms with E-state index in [1.807, 2.05) is 0 Å². The summed E-state index contributed by atoms with van der Waals surface area (Å²) in [4.78, 5) is 38.4. The van der Waals surface area contributed by atoms with Gasteiger partial charge in [-0.05, 0) is 116 Å². The summed E-state index contributed by atoms with van der Waals surface area (Å²) in [6.45, 7) is 6.38. The van der Waals surface area contributed by atoms with Crippen molar-refractivity contribution in [1.29, 1.82) is 0 Å². The van der Waals surface area contributed by atoms with Gasteiger partial charge in [0, 0.05) is 19.3 Å². The Morgan fingerprint density at radius 2 is 0.476 bits per heavy atom. The van der Waals surface area contributed by atoms with Gasteiger partial charge in [-0.1, -0.05) is 309 Å². The van der Waals surface area contributed by atoms with E-state index >= 15 is 0 Å². The first-order valence-electron chi connectivity index (χ1n) is 34.2. The number of allylic oxidation sites excluding steroid dienone is 22.